The first-order valence-corrected chi connectivity index (χ1v) is 15.0. The SMILES string of the molecule is CC1(c2ccc3c(c2)N(C(=O)Nc2nc4ccccc4s2)CCC3)CC=C(OCCCc2ccccc2)C(C(=O)O)=N1. The number of aryl methyl sites for hydroxylation is 2. The molecule has 0 fully saturated rings. The molecule has 2 N–H and O–H groups in total. The minimum atomic E-state index is -1.12. The number of dihydropyridines is 1. The van der Waals surface area contributed by atoms with E-state index in [9.17, 15) is 14.7 Å². The number of carbonyl (C=O) groups excluding carboxylic acids is 1. The average Bonchev–Trinajstić information content (AvgIpc) is 3.42. The third-order valence-electron chi connectivity index (χ3n) is 7.77. The number of para-hydroxylation sites is 1. The van der Waals surface area contributed by atoms with E-state index < -0.39 is 11.5 Å². The molecule has 214 valence electrons. The van der Waals surface area contributed by atoms with E-state index in [1.807, 2.05) is 73.7 Å². The highest BCUT2D eigenvalue weighted by atomic mass is 32.1. The molecular formula is C33H32N4O4S. The summed E-state index contributed by atoms with van der Waals surface area (Å²) in [5.41, 5.74) is 3.91. The fourth-order valence-corrected chi connectivity index (χ4v) is 6.36. The highest BCUT2D eigenvalue weighted by molar-refractivity contribution is 7.22. The maximum Gasteiger partial charge on any atom is 0.357 e. The summed E-state index contributed by atoms with van der Waals surface area (Å²) in [7, 11) is 0. The van der Waals surface area contributed by atoms with Crippen LogP contribution >= 0.6 is 11.3 Å². The first-order chi connectivity index (χ1) is 20.4. The van der Waals surface area contributed by atoms with Crippen molar-refractivity contribution >= 4 is 50.1 Å². The number of urea groups is 1. The number of carboxylic acids is 1. The van der Waals surface area contributed by atoms with Crippen molar-refractivity contribution < 1.29 is 19.4 Å². The zero-order chi connectivity index (χ0) is 29.1. The number of aliphatic imine (C=N–C) groups is 1. The standard InChI is InChI=1S/C33H32N4O4S/c1-33(18-17-27(29(36-33)30(38)39)41-20-8-11-22-9-3-2-4-10-22)24-16-15-23-12-7-19-37(26(23)21-24)32(40)35-31-34-25-13-5-6-14-28(25)42-31/h2-6,9-10,13-17,21H,7-8,11-12,18-20H2,1H3,(H,38,39)(H,34,35,40). The number of nitrogens with zero attached hydrogens (tertiary/aromatic N) is 3. The van der Waals surface area contributed by atoms with Crippen LogP contribution in [0.3, 0.4) is 0 Å². The van der Waals surface area contributed by atoms with Gasteiger partial charge in [0.05, 0.1) is 22.4 Å². The molecule has 0 aliphatic carbocycles. The Morgan fingerprint density at radius 1 is 1.10 bits per heavy atom. The van der Waals surface area contributed by atoms with E-state index in [0.717, 1.165) is 52.7 Å². The fourth-order valence-electron chi connectivity index (χ4n) is 5.51. The molecular weight excluding hydrogens is 548 g/mol. The van der Waals surface area contributed by atoms with Crippen molar-refractivity contribution in [2.75, 3.05) is 23.4 Å². The summed E-state index contributed by atoms with van der Waals surface area (Å²) in [6.45, 7) is 2.91. The molecule has 0 saturated heterocycles. The highest BCUT2D eigenvalue weighted by Crippen LogP contribution is 2.39. The van der Waals surface area contributed by atoms with Crippen LogP contribution in [0.25, 0.3) is 10.2 Å². The Balaban J connectivity index is 1.19. The molecule has 1 unspecified atom stereocenters. The quantitative estimate of drug-likeness (QED) is 0.219. The third kappa shape index (κ3) is 5.78. The van der Waals surface area contributed by atoms with Crippen LogP contribution in [-0.2, 0) is 27.9 Å². The minimum absolute atomic E-state index is 0.0772. The van der Waals surface area contributed by atoms with Crippen molar-refractivity contribution in [1.82, 2.24) is 4.98 Å². The molecule has 3 heterocycles. The van der Waals surface area contributed by atoms with E-state index in [0.29, 0.717) is 30.5 Å². The normalized spacial score (nSPS) is 18.2. The number of carbonyl (C=O) groups is 2. The van der Waals surface area contributed by atoms with Gasteiger partial charge < -0.3 is 9.84 Å². The van der Waals surface area contributed by atoms with Gasteiger partial charge in [-0.3, -0.25) is 15.2 Å². The first kappa shape index (κ1) is 27.7. The smallest absolute Gasteiger partial charge is 0.357 e. The van der Waals surface area contributed by atoms with E-state index in [1.165, 1.54) is 16.9 Å². The number of aliphatic carboxylic acids is 1. The lowest BCUT2D eigenvalue weighted by Crippen LogP contribution is -2.39. The Kier molecular flexibility index (Phi) is 7.75. The molecule has 0 radical (unpaired) electrons. The van der Waals surface area contributed by atoms with Crippen molar-refractivity contribution in [2.24, 2.45) is 4.99 Å². The Labute approximate surface area is 248 Å². The second-order valence-corrected chi connectivity index (χ2v) is 11.8. The first-order valence-electron chi connectivity index (χ1n) is 14.2. The fraction of sp³-hybridized carbons (Fsp3) is 0.273. The van der Waals surface area contributed by atoms with Crippen LogP contribution in [0.4, 0.5) is 15.6 Å². The van der Waals surface area contributed by atoms with Crippen LogP contribution in [0.5, 0.6) is 0 Å². The number of ether oxygens (including phenoxy) is 1. The Hall–Kier alpha value is -4.50. The number of hydrogen-bond donors (Lipinski definition) is 2. The minimum Gasteiger partial charge on any atom is -0.491 e. The molecule has 0 bridgehead atoms. The van der Waals surface area contributed by atoms with Gasteiger partial charge in [0.15, 0.2) is 10.8 Å². The molecule has 6 rings (SSSR count). The summed E-state index contributed by atoms with van der Waals surface area (Å²) < 4.78 is 6.92. The predicted molar refractivity (Wildman–Crippen MR) is 167 cm³/mol. The molecule has 4 aromatic rings. The van der Waals surface area contributed by atoms with E-state index in [1.54, 1.807) is 4.90 Å². The zero-order valence-electron chi connectivity index (χ0n) is 23.4. The maximum absolute atomic E-state index is 13.4. The second kappa shape index (κ2) is 11.8. The molecule has 0 saturated carbocycles. The van der Waals surface area contributed by atoms with Gasteiger partial charge in [-0.05, 0) is 80.0 Å². The van der Waals surface area contributed by atoms with Gasteiger partial charge in [0, 0.05) is 12.2 Å². The predicted octanol–water partition coefficient (Wildman–Crippen LogP) is 6.96. The summed E-state index contributed by atoms with van der Waals surface area (Å²) >= 11 is 1.44. The topological polar surface area (TPSA) is 104 Å². The number of carboxylic acid groups (broad SMARTS) is 1. The van der Waals surface area contributed by atoms with Gasteiger partial charge >= 0.3 is 12.0 Å². The molecule has 9 heteroatoms. The Morgan fingerprint density at radius 2 is 1.90 bits per heavy atom. The number of hydrogen-bond acceptors (Lipinski definition) is 6. The monoisotopic (exact) mass is 580 g/mol. The highest BCUT2D eigenvalue weighted by Gasteiger charge is 2.35. The largest absolute Gasteiger partial charge is 0.491 e. The molecule has 42 heavy (non-hydrogen) atoms. The van der Waals surface area contributed by atoms with E-state index in [2.05, 4.69) is 22.4 Å². The number of aromatic nitrogens is 1. The van der Waals surface area contributed by atoms with E-state index >= 15 is 0 Å². The van der Waals surface area contributed by atoms with Crippen molar-refractivity contribution in [3.8, 4) is 0 Å². The lowest BCUT2D eigenvalue weighted by Gasteiger charge is -2.33. The van der Waals surface area contributed by atoms with Crippen molar-refractivity contribution in [3.63, 3.8) is 0 Å². The van der Waals surface area contributed by atoms with Gasteiger partial charge in [0.1, 0.15) is 5.76 Å². The summed E-state index contributed by atoms with van der Waals surface area (Å²) in [6.07, 6.45) is 5.65. The van der Waals surface area contributed by atoms with Crippen LogP contribution in [0.2, 0.25) is 0 Å². The lowest BCUT2D eigenvalue weighted by molar-refractivity contribution is -0.129. The zero-order valence-corrected chi connectivity index (χ0v) is 24.2. The van der Waals surface area contributed by atoms with Gasteiger partial charge in [-0.15, -0.1) is 0 Å². The van der Waals surface area contributed by atoms with E-state index in [4.69, 9.17) is 9.73 Å². The van der Waals surface area contributed by atoms with Gasteiger partial charge in [-0.25, -0.2) is 14.6 Å². The number of thiazole rings is 1. The third-order valence-corrected chi connectivity index (χ3v) is 8.72. The molecule has 0 spiro atoms. The van der Waals surface area contributed by atoms with Crippen LogP contribution in [0.1, 0.15) is 42.9 Å². The number of anilines is 2. The van der Waals surface area contributed by atoms with Gasteiger partial charge in [0.25, 0.3) is 0 Å². The van der Waals surface area contributed by atoms with Crippen LogP contribution in [0, 0.1) is 0 Å². The molecule has 1 atom stereocenters. The Bertz CT molecular complexity index is 1660. The summed E-state index contributed by atoms with van der Waals surface area (Å²) in [6, 6.07) is 23.7. The summed E-state index contributed by atoms with van der Waals surface area (Å²) in [4.78, 5) is 36.7. The molecule has 1 aromatic heterocycles. The number of amides is 2. The maximum atomic E-state index is 13.4. The lowest BCUT2D eigenvalue weighted by atomic mass is 9.84. The van der Waals surface area contributed by atoms with Crippen LogP contribution in [0.15, 0.2) is 89.6 Å². The van der Waals surface area contributed by atoms with Crippen LogP contribution in [-0.4, -0.2) is 41.0 Å². The van der Waals surface area contributed by atoms with Gasteiger partial charge in [-0.2, -0.15) is 0 Å². The summed E-state index contributed by atoms with van der Waals surface area (Å²) in [5, 5.41) is 13.5. The van der Waals surface area contributed by atoms with Gasteiger partial charge in [0.2, 0.25) is 0 Å². The van der Waals surface area contributed by atoms with Crippen molar-refractivity contribution in [2.45, 2.75) is 44.6 Å². The second-order valence-electron chi connectivity index (χ2n) is 10.8. The molecule has 2 aliphatic heterocycles. The number of nitrogens with one attached hydrogen (secondary N) is 1. The molecule has 2 amide bonds. The molecule has 3 aromatic carbocycles. The van der Waals surface area contributed by atoms with E-state index in [-0.39, 0.29) is 11.7 Å². The number of fused-ring (bicyclic) bond motifs is 2. The average molecular weight is 581 g/mol. The number of rotatable bonds is 8. The Morgan fingerprint density at radius 3 is 2.71 bits per heavy atom. The molecule has 8 nitrogen and oxygen atoms in total. The van der Waals surface area contributed by atoms with Gasteiger partial charge in [-0.1, -0.05) is 65.9 Å². The molecule has 2 aliphatic rings. The van der Waals surface area contributed by atoms with Crippen LogP contribution < -0.4 is 10.2 Å². The number of benzene rings is 3. The van der Waals surface area contributed by atoms with Crippen molar-refractivity contribution in [3.05, 3.63) is 101 Å². The van der Waals surface area contributed by atoms with Crippen molar-refractivity contribution in [1.29, 1.82) is 0 Å². The summed E-state index contributed by atoms with van der Waals surface area (Å²) in [5.74, 6) is -0.812.